The van der Waals surface area contributed by atoms with E-state index in [2.05, 4.69) is 34.6 Å². The van der Waals surface area contributed by atoms with Crippen LogP contribution in [0.25, 0.3) is 0 Å². The van der Waals surface area contributed by atoms with E-state index >= 15 is 0 Å². The van der Waals surface area contributed by atoms with Crippen LogP contribution in [0.1, 0.15) is 36.1 Å². The average molecular weight is 308 g/mol. The van der Waals surface area contributed by atoms with Crippen LogP contribution in [0, 0.1) is 5.92 Å². The molecule has 1 aromatic heterocycles. The predicted molar refractivity (Wildman–Crippen MR) is 88.0 cm³/mol. The van der Waals surface area contributed by atoms with Gasteiger partial charge in [0.15, 0.2) is 0 Å². The predicted octanol–water partition coefficient (Wildman–Crippen LogP) is 2.81. The standard InChI is InChI=1S/C19H20N2O2/c22-12-14-7-3-9-17(20-14)21-18(23)16-11-19(16)10-4-6-13-5-1-2-8-15(13)19/h1-3,5,7-9,16,22H,4,6,10-12H2,(H,20,21,23)/t16-,19+/m1/s1. The number of benzene rings is 1. The van der Waals surface area contributed by atoms with Crippen LogP contribution in [0.5, 0.6) is 0 Å². The lowest BCUT2D eigenvalue weighted by atomic mass is 9.78. The zero-order valence-corrected chi connectivity index (χ0v) is 13.0. The Morgan fingerprint density at radius 3 is 3.00 bits per heavy atom. The fraction of sp³-hybridized carbons (Fsp3) is 0.368. The van der Waals surface area contributed by atoms with E-state index in [1.165, 1.54) is 11.1 Å². The number of amides is 1. The van der Waals surface area contributed by atoms with Crippen molar-refractivity contribution in [1.29, 1.82) is 0 Å². The van der Waals surface area contributed by atoms with E-state index in [0.29, 0.717) is 11.5 Å². The maximum absolute atomic E-state index is 12.6. The molecule has 1 spiro atoms. The third-order valence-electron chi connectivity index (χ3n) is 5.23. The van der Waals surface area contributed by atoms with Crippen LogP contribution >= 0.6 is 0 Å². The number of aryl methyl sites for hydroxylation is 1. The minimum Gasteiger partial charge on any atom is -0.390 e. The highest BCUT2D eigenvalue weighted by molar-refractivity contribution is 5.95. The van der Waals surface area contributed by atoms with Crippen LogP contribution in [-0.2, 0) is 23.2 Å². The lowest BCUT2D eigenvalue weighted by molar-refractivity contribution is -0.117. The quantitative estimate of drug-likeness (QED) is 0.916. The maximum atomic E-state index is 12.6. The van der Waals surface area contributed by atoms with Gasteiger partial charge in [0.1, 0.15) is 5.82 Å². The number of aliphatic hydroxyl groups excluding tert-OH is 1. The number of nitrogens with zero attached hydrogens (tertiary/aromatic N) is 1. The van der Waals surface area contributed by atoms with Crippen molar-refractivity contribution in [2.24, 2.45) is 5.92 Å². The molecule has 2 aliphatic carbocycles. The topological polar surface area (TPSA) is 62.2 Å². The monoisotopic (exact) mass is 308 g/mol. The van der Waals surface area contributed by atoms with E-state index in [-0.39, 0.29) is 23.8 Å². The normalized spacial score (nSPS) is 25.0. The highest BCUT2D eigenvalue weighted by Crippen LogP contribution is 2.60. The van der Waals surface area contributed by atoms with Gasteiger partial charge in [-0.2, -0.15) is 0 Å². The molecule has 0 saturated heterocycles. The highest BCUT2D eigenvalue weighted by atomic mass is 16.3. The lowest BCUT2D eigenvalue weighted by Crippen LogP contribution is -2.25. The van der Waals surface area contributed by atoms with Crippen LogP contribution in [0.3, 0.4) is 0 Å². The fourth-order valence-electron chi connectivity index (χ4n) is 4.03. The smallest absolute Gasteiger partial charge is 0.229 e. The van der Waals surface area contributed by atoms with Gasteiger partial charge < -0.3 is 10.4 Å². The highest BCUT2D eigenvalue weighted by Gasteiger charge is 2.60. The van der Waals surface area contributed by atoms with Gasteiger partial charge in [0.05, 0.1) is 12.3 Å². The van der Waals surface area contributed by atoms with Gasteiger partial charge in [0, 0.05) is 11.3 Å². The molecule has 2 aliphatic rings. The van der Waals surface area contributed by atoms with E-state index in [0.717, 1.165) is 25.7 Å². The van der Waals surface area contributed by atoms with Gasteiger partial charge in [-0.1, -0.05) is 30.3 Å². The summed E-state index contributed by atoms with van der Waals surface area (Å²) in [6.45, 7) is -0.121. The van der Waals surface area contributed by atoms with Crippen molar-refractivity contribution in [3.8, 4) is 0 Å². The number of rotatable bonds is 3. The molecule has 4 nitrogen and oxygen atoms in total. The Labute approximate surface area is 135 Å². The number of hydrogen-bond donors (Lipinski definition) is 2. The van der Waals surface area contributed by atoms with E-state index in [1.54, 1.807) is 18.2 Å². The van der Waals surface area contributed by atoms with Crippen LogP contribution in [0.15, 0.2) is 42.5 Å². The molecule has 0 unspecified atom stereocenters. The zero-order chi connectivity index (χ0) is 15.9. The molecular weight excluding hydrogens is 288 g/mol. The summed E-state index contributed by atoms with van der Waals surface area (Å²) in [6.07, 6.45) is 4.28. The molecule has 2 atom stereocenters. The zero-order valence-electron chi connectivity index (χ0n) is 13.0. The third kappa shape index (κ3) is 2.43. The second-order valence-corrected chi connectivity index (χ2v) is 6.59. The van der Waals surface area contributed by atoms with Crippen LogP contribution in [-0.4, -0.2) is 16.0 Å². The summed E-state index contributed by atoms with van der Waals surface area (Å²) < 4.78 is 0. The second-order valence-electron chi connectivity index (χ2n) is 6.59. The Morgan fingerprint density at radius 2 is 2.13 bits per heavy atom. The molecule has 0 aliphatic heterocycles. The number of anilines is 1. The van der Waals surface area contributed by atoms with Gasteiger partial charge in [0.2, 0.25) is 5.91 Å². The van der Waals surface area contributed by atoms with Gasteiger partial charge in [0.25, 0.3) is 0 Å². The van der Waals surface area contributed by atoms with Crippen molar-refractivity contribution in [2.75, 3.05) is 5.32 Å². The molecule has 1 aromatic carbocycles. The van der Waals surface area contributed by atoms with Crippen molar-refractivity contribution in [3.63, 3.8) is 0 Å². The van der Waals surface area contributed by atoms with Crippen molar-refractivity contribution in [2.45, 2.75) is 37.7 Å². The first-order valence-corrected chi connectivity index (χ1v) is 8.19. The lowest BCUT2D eigenvalue weighted by Gasteiger charge is -2.26. The van der Waals surface area contributed by atoms with Gasteiger partial charge in [-0.05, 0) is 48.9 Å². The molecule has 1 heterocycles. The number of carbonyl (C=O) groups is 1. The summed E-state index contributed by atoms with van der Waals surface area (Å²) in [4.78, 5) is 16.9. The molecular formula is C19H20N2O2. The number of aromatic nitrogens is 1. The largest absolute Gasteiger partial charge is 0.390 e. The van der Waals surface area contributed by atoms with Gasteiger partial charge in [-0.25, -0.2) is 4.98 Å². The summed E-state index contributed by atoms with van der Waals surface area (Å²) in [5, 5.41) is 12.1. The van der Waals surface area contributed by atoms with Crippen molar-refractivity contribution in [1.82, 2.24) is 4.98 Å². The van der Waals surface area contributed by atoms with Crippen LogP contribution in [0.4, 0.5) is 5.82 Å². The molecule has 1 amide bonds. The molecule has 4 heteroatoms. The number of carbonyl (C=O) groups excluding carboxylic acids is 1. The molecule has 118 valence electrons. The molecule has 1 saturated carbocycles. The Kier molecular flexibility index (Phi) is 3.42. The Hall–Kier alpha value is -2.20. The van der Waals surface area contributed by atoms with E-state index in [1.807, 2.05) is 0 Å². The van der Waals surface area contributed by atoms with Gasteiger partial charge in [-0.3, -0.25) is 4.79 Å². The number of nitrogens with one attached hydrogen (secondary N) is 1. The summed E-state index contributed by atoms with van der Waals surface area (Å²) in [6, 6.07) is 13.8. The molecule has 4 rings (SSSR count). The van der Waals surface area contributed by atoms with Gasteiger partial charge in [-0.15, -0.1) is 0 Å². The van der Waals surface area contributed by atoms with Crippen molar-refractivity contribution in [3.05, 3.63) is 59.3 Å². The van der Waals surface area contributed by atoms with Crippen LogP contribution in [0.2, 0.25) is 0 Å². The minimum atomic E-state index is -0.121. The first-order chi connectivity index (χ1) is 11.2. The SMILES string of the molecule is O=C(Nc1cccc(CO)n1)[C@H]1C[C@]12CCCc1ccccc12. The number of fused-ring (bicyclic) bond motifs is 2. The molecule has 23 heavy (non-hydrogen) atoms. The first kappa shape index (κ1) is 14.4. The molecule has 0 radical (unpaired) electrons. The third-order valence-corrected chi connectivity index (χ3v) is 5.23. The number of pyridine rings is 1. The summed E-state index contributed by atoms with van der Waals surface area (Å²) in [7, 11) is 0. The average Bonchev–Trinajstić information content (AvgIpc) is 3.30. The minimum absolute atomic E-state index is 0.0310. The Balaban J connectivity index is 1.54. The molecule has 1 fully saturated rings. The van der Waals surface area contributed by atoms with E-state index < -0.39 is 0 Å². The van der Waals surface area contributed by atoms with Crippen molar-refractivity contribution >= 4 is 11.7 Å². The molecule has 2 N–H and O–H groups in total. The van der Waals surface area contributed by atoms with Gasteiger partial charge >= 0.3 is 0 Å². The van der Waals surface area contributed by atoms with E-state index in [9.17, 15) is 4.79 Å². The van der Waals surface area contributed by atoms with Crippen LogP contribution < -0.4 is 5.32 Å². The first-order valence-electron chi connectivity index (χ1n) is 8.19. The Bertz CT molecular complexity index is 759. The summed E-state index contributed by atoms with van der Waals surface area (Å²) in [5.74, 6) is 0.598. The van der Waals surface area contributed by atoms with Crippen molar-refractivity contribution < 1.29 is 9.90 Å². The molecule has 2 aromatic rings. The van der Waals surface area contributed by atoms with E-state index in [4.69, 9.17) is 5.11 Å². The summed E-state index contributed by atoms with van der Waals surface area (Å²) >= 11 is 0. The fourth-order valence-corrected chi connectivity index (χ4v) is 4.03. The molecule has 0 bridgehead atoms. The second kappa shape index (κ2) is 5.46. The number of aliphatic hydroxyl groups is 1. The Morgan fingerprint density at radius 1 is 1.26 bits per heavy atom. The maximum Gasteiger partial charge on any atom is 0.229 e. The number of hydrogen-bond acceptors (Lipinski definition) is 3. The summed E-state index contributed by atoms with van der Waals surface area (Å²) in [5.41, 5.74) is 3.36.